The fourth-order valence-electron chi connectivity index (χ4n) is 2.42. The van der Waals surface area contributed by atoms with Crippen molar-refractivity contribution in [1.29, 1.82) is 0 Å². The summed E-state index contributed by atoms with van der Waals surface area (Å²) in [6.45, 7) is 0. The SMILES string of the molecule is CN1NC(c2cccs2)C2C(=O)NC(=O)C21. The first-order chi connectivity index (χ1) is 7.68. The summed E-state index contributed by atoms with van der Waals surface area (Å²) < 4.78 is 0. The Kier molecular flexibility index (Phi) is 2.10. The maximum atomic E-state index is 11.7. The van der Waals surface area contributed by atoms with Crippen molar-refractivity contribution in [2.75, 3.05) is 7.05 Å². The molecule has 5 nitrogen and oxygen atoms in total. The van der Waals surface area contributed by atoms with Crippen LogP contribution in [0.1, 0.15) is 10.9 Å². The number of imide groups is 1. The molecular formula is C10H11N3O2S. The van der Waals surface area contributed by atoms with Gasteiger partial charge in [-0.3, -0.25) is 14.9 Å². The van der Waals surface area contributed by atoms with Gasteiger partial charge in [-0.15, -0.1) is 11.3 Å². The normalized spacial score (nSPS) is 34.2. The summed E-state index contributed by atoms with van der Waals surface area (Å²) in [7, 11) is 1.80. The predicted octanol–water partition coefficient (Wildman–Crippen LogP) is -0.120. The van der Waals surface area contributed by atoms with E-state index in [-0.39, 0.29) is 29.8 Å². The van der Waals surface area contributed by atoms with Gasteiger partial charge in [-0.05, 0) is 11.4 Å². The van der Waals surface area contributed by atoms with Gasteiger partial charge in [0, 0.05) is 11.9 Å². The average Bonchev–Trinajstić information content (AvgIpc) is 2.87. The Hall–Kier alpha value is -1.24. The first-order valence-electron chi connectivity index (χ1n) is 5.05. The standard InChI is InChI=1S/C10H11N3O2S/c1-13-8-6(9(14)11-10(8)15)7(12-13)5-3-2-4-16-5/h2-4,6-8,12H,1H3,(H,11,14,15). The number of thiophene rings is 1. The van der Waals surface area contributed by atoms with Crippen LogP contribution in [0.25, 0.3) is 0 Å². The molecule has 3 heterocycles. The number of carbonyl (C=O) groups excluding carboxylic acids is 2. The monoisotopic (exact) mass is 237 g/mol. The quantitative estimate of drug-likeness (QED) is 0.669. The molecule has 1 aromatic heterocycles. The third-order valence-electron chi connectivity index (χ3n) is 3.13. The van der Waals surface area contributed by atoms with E-state index in [0.717, 1.165) is 4.88 Å². The van der Waals surface area contributed by atoms with E-state index in [9.17, 15) is 9.59 Å². The van der Waals surface area contributed by atoms with Crippen LogP contribution in [0.2, 0.25) is 0 Å². The lowest BCUT2D eigenvalue weighted by atomic mass is 9.95. The molecule has 0 spiro atoms. The van der Waals surface area contributed by atoms with Gasteiger partial charge in [-0.2, -0.15) is 0 Å². The number of carbonyl (C=O) groups is 2. The molecule has 0 saturated carbocycles. The Morgan fingerprint density at radius 2 is 2.19 bits per heavy atom. The van der Waals surface area contributed by atoms with Gasteiger partial charge in [-0.1, -0.05) is 6.07 Å². The summed E-state index contributed by atoms with van der Waals surface area (Å²) in [6, 6.07) is 3.47. The summed E-state index contributed by atoms with van der Waals surface area (Å²) in [5, 5.41) is 6.09. The van der Waals surface area contributed by atoms with Crippen molar-refractivity contribution in [3.63, 3.8) is 0 Å². The number of nitrogens with one attached hydrogen (secondary N) is 2. The molecule has 1 aromatic rings. The minimum Gasteiger partial charge on any atom is -0.295 e. The number of likely N-dealkylation sites (N-methyl/N-ethyl adjacent to an activating group) is 1. The second-order valence-electron chi connectivity index (χ2n) is 4.06. The Morgan fingerprint density at radius 1 is 1.38 bits per heavy atom. The molecule has 2 fully saturated rings. The average molecular weight is 237 g/mol. The van der Waals surface area contributed by atoms with Crippen LogP contribution in [0, 0.1) is 5.92 Å². The summed E-state index contributed by atoms with van der Waals surface area (Å²) in [4.78, 5) is 24.4. The van der Waals surface area contributed by atoms with Crippen LogP contribution in [0.5, 0.6) is 0 Å². The van der Waals surface area contributed by atoms with Crippen molar-refractivity contribution in [3.05, 3.63) is 22.4 Å². The van der Waals surface area contributed by atoms with Crippen molar-refractivity contribution >= 4 is 23.2 Å². The molecule has 0 aromatic carbocycles. The Bertz CT molecular complexity index is 445. The highest BCUT2D eigenvalue weighted by Crippen LogP contribution is 2.37. The van der Waals surface area contributed by atoms with Gasteiger partial charge < -0.3 is 0 Å². The van der Waals surface area contributed by atoms with Crippen LogP contribution in [0.4, 0.5) is 0 Å². The zero-order valence-electron chi connectivity index (χ0n) is 8.64. The first kappa shape index (κ1) is 9.95. The summed E-state index contributed by atoms with van der Waals surface area (Å²) in [5.74, 6) is -0.689. The third kappa shape index (κ3) is 1.24. The molecule has 0 aliphatic carbocycles. The fraction of sp³-hybridized carbons (Fsp3) is 0.400. The van der Waals surface area contributed by atoms with E-state index in [0.29, 0.717) is 0 Å². The van der Waals surface area contributed by atoms with E-state index in [2.05, 4.69) is 10.7 Å². The van der Waals surface area contributed by atoms with Crippen LogP contribution < -0.4 is 10.7 Å². The Balaban J connectivity index is 1.99. The highest BCUT2D eigenvalue weighted by Gasteiger charge is 2.53. The molecule has 0 bridgehead atoms. The molecule has 2 amide bonds. The Morgan fingerprint density at radius 3 is 2.88 bits per heavy atom. The molecule has 3 rings (SSSR count). The van der Waals surface area contributed by atoms with E-state index < -0.39 is 0 Å². The van der Waals surface area contributed by atoms with E-state index in [4.69, 9.17) is 0 Å². The second kappa shape index (κ2) is 3.38. The molecule has 6 heteroatoms. The molecule has 2 aliphatic rings. The molecule has 0 radical (unpaired) electrons. The molecule has 3 atom stereocenters. The third-order valence-corrected chi connectivity index (χ3v) is 4.08. The zero-order valence-corrected chi connectivity index (χ0v) is 9.45. The zero-order chi connectivity index (χ0) is 11.3. The molecule has 2 saturated heterocycles. The van der Waals surface area contributed by atoms with Crippen LogP contribution in [0.15, 0.2) is 17.5 Å². The molecule has 3 unspecified atom stereocenters. The number of rotatable bonds is 1. The molecular weight excluding hydrogens is 226 g/mol. The number of hydrogen-bond acceptors (Lipinski definition) is 5. The van der Waals surface area contributed by atoms with Crippen molar-refractivity contribution in [2.45, 2.75) is 12.1 Å². The highest BCUT2D eigenvalue weighted by molar-refractivity contribution is 7.10. The minimum absolute atomic E-state index is 0.0820. The lowest BCUT2D eigenvalue weighted by molar-refractivity contribution is -0.127. The van der Waals surface area contributed by atoms with Crippen molar-refractivity contribution in [3.8, 4) is 0 Å². The van der Waals surface area contributed by atoms with Crippen LogP contribution >= 0.6 is 11.3 Å². The smallest absolute Gasteiger partial charge is 0.246 e. The van der Waals surface area contributed by atoms with Crippen LogP contribution in [0.3, 0.4) is 0 Å². The van der Waals surface area contributed by atoms with Crippen LogP contribution in [-0.2, 0) is 9.59 Å². The van der Waals surface area contributed by atoms with E-state index >= 15 is 0 Å². The maximum absolute atomic E-state index is 11.7. The fourth-order valence-corrected chi connectivity index (χ4v) is 3.24. The van der Waals surface area contributed by atoms with Gasteiger partial charge in [0.25, 0.3) is 0 Å². The molecule has 2 N–H and O–H groups in total. The minimum atomic E-state index is -0.375. The maximum Gasteiger partial charge on any atom is 0.246 e. The number of hydrazine groups is 1. The van der Waals surface area contributed by atoms with Crippen molar-refractivity contribution < 1.29 is 9.59 Å². The van der Waals surface area contributed by atoms with E-state index in [1.807, 2.05) is 17.5 Å². The highest BCUT2D eigenvalue weighted by atomic mass is 32.1. The van der Waals surface area contributed by atoms with Gasteiger partial charge in [0.2, 0.25) is 11.8 Å². The van der Waals surface area contributed by atoms with Gasteiger partial charge in [0.05, 0.1) is 12.0 Å². The molecule has 84 valence electrons. The molecule has 2 aliphatic heterocycles. The second-order valence-corrected chi connectivity index (χ2v) is 5.04. The van der Waals surface area contributed by atoms with Gasteiger partial charge in [0.15, 0.2) is 0 Å². The summed E-state index contributed by atoms with van der Waals surface area (Å²) >= 11 is 1.59. The molecule has 16 heavy (non-hydrogen) atoms. The van der Waals surface area contributed by atoms with E-state index in [1.54, 1.807) is 23.4 Å². The van der Waals surface area contributed by atoms with Gasteiger partial charge in [-0.25, -0.2) is 10.4 Å². The number of amides is 2. The topological polar surface area (TPSA) is 61.4 Å². The van der Waals surface area contributed by atoms with Crippen LogP contribution in [-0.4, -0.2) is 29.9 Å². The number of nitrogens with zero attached hydrogens (tertiary/aromatic N) is 1. The predicted molar refractivity (Wildman–Crippen MR) is 58.4 cm³/mol. The Labute approximate surface area is 96.4 Å². The lowest BCUT2D eigenvalue weighted by Crippen LogP contribution is -2.41. The van der Waals surface area contributed by atoms with Gasteiger partial charge in [0.1, 0.15) is 6.04 Å². The van der Waals surface area contributed by atoms with E-state index in [1.165, 1.54) is 0 Å². The lowest BCUT2D eigenvalue weighted by Gasteiger charge is -2.15. The van der Waals surface area contributed by atoms with Crippen molar-refractivity contribution in [2.24, 2.45) is 5.92 Å². The number of fused-ring (bicyclic) bond motifs is 1. The largest absolute Gasteiger partial charge is 0.295 e. The van der Waals surface area contributed by atoms with Crippen molar-refractivity contribution in [1.82, 2.24) is 15.8 Å². The number of hydrogen-bond donors (Lipinski definition) is 2. The summed E-state index contributed by atoms with van der Waals surface area (Å²) in [6.07, 6.45) is 0. The first-order valence-corrected chi connectivity index (χ1v) is 5.93. The summed E-state index contributed by atoms with van der Waals surface area (Å²) in [5.41, 5.74) is 3.18. The van der Waals surface area contributed by atoms with Gasteiger partial charge >= 0.3 is 0 Å².